The first kappa shape index (κ1) is 14.7. The molecule has 21 heavy (non-hydrogen) atoms. The van der Waals surface area contributed by atoms with Crippen molar-refractivity contribution >= 4 is 11.9 Å². The second-order valence-electron chi connectivity index (χ2n) is 4.41. The Kier molecular flexibility index (Phi) is 4.29. The van der Waals surface area contributed by atoms with Gasteiger partial charge in [0.05, 0.1) is 18.0 Å². The maximum absolute atomic E-state index is 11.9. The van der Waals surface area contributed by atoms with Gasteiger partial charge in [0, 0.05) is 0 Å². The molecule has 8 heteroatoms. The van der Waals surface area contributed by atoms with Gasteiger partial charge < -0.3 is 15.5 Å². The highest BCUT2D eigenvalue weighted by Gasteiger charge is 2.26. The second kappa shape index (κ2) is 6.14. The predicted octanol–water partition coefficient (Wildman–Crippen LogP) is -0.169. The fraction of sp³-hybridized carbons (Fsp3) is 0.231. The van der Waals surface area contributed by atoms with E-state index in [4.69, 9.17) is 5.11 Å². The molecule has 2 rings (SSSR count). The molecule has 1 heterocycles. The molecule has 0 aliphatic rings. The van der Waals surface area contributed by atoms with Crippen LogP contribution in [0.2, 0.25) is 0 Å². The van der Waals surface area contributed by atoms with Crippen molar-refractivity contribution in [3.63, 3.8) is 0 Å². The van der Waals surface area contributed by atoms with E-state index in [1.165, 1.54) is 17.8 Å². The van der Waals surface area contributed by atoms with Crippen molar-refractivity contribution in [1.29, 1.82) is 0 Å². The van der Waals surface area contributed by atoms with Crippen LogP contribution in [0, 0.1) is 0 Å². The Hall–Kier alpha value is -2.74. The number of aromatic nitrogens is 3. The number of aliphatic carboxylic acids is 1. The van der Waals surface area contributed by atoms with Gasteiger partial charge in [-0.05, 0) is 19.1 Å². The Labute approximate surface area is 120 Å². The Morgan fingerprint density at radius 3 is 2.52 bits per heavy atom. The molecule has 0 bridgehead atoms. The smallest absolute Gasteiger partial charge is 0.328 e. The summed E-state index contributed by atoms with van der Waals surface area (Å²) in [5.74, 6) is -2.04. The summed E-state index contributed by atoms with van der Waals surface area (Å²) in [7, 11) is 0. The monoisotopic (exact) mass is 290 g/mol. The van der Waals surface area contributed by atoms with Crippen LogP contribution in [0.25, 0.3) is 5.69 Å². The molecule has 1 aromatic carbocycles. The number of rotatable bonds is 5. The van der Waals surface area contributed by atoms with E-state index in [-0.39, 0.29) is 5.69 Å². The van der Waals surface area contributed by atoms with Gasteiger partial charge in [-0.1, -0.05) is 23.4 Å². The van der Waals surface area contributed by atoms with Gasteiger partial charge in [0.15, 0.2) is 11.7 Å². The van der Waals surface area contributed by atoms with E-state index in [0.717, 1.165) is 5.69 Å². The Balaban J connectivity index is 2.14. The van der Waals surface area contributed by atoms with Crippen molar-refractivity contribution in [3.8, 4) is 5.69 Å². The maximum atomic E-state index is 11.9. The van der Waals surface area contributed by atoms with Crippen molar-refractivity contribution in [1.82, 2.24) is 20.3 Å². The number of carboxylic acid groups (broad SMARTS) is 1. The average Bonchev–Trinajstić information content (AvgIpc) is 2.94. The number of aliphatic hydroxyl groups excluding tert-OH is 1. The van der Waals surface area contributed by atoms with Crippen molar-refractivity contribution < 1.29 is 19.8 Å². The fourth-order valence-electron chi connectivity index (χ4n) is 1.68. The number of benzene rings is 1. The number of amides is 1. The van der Waals surface area contributed by atoms with Crippen LogP contribution in [-0.2, 0) is 4.79 Å². The van der Waals surface area contributed by atoms with Gasteiger partial charge in [-0.2, -0.15) is 0 Å². The van der Waals surface area contributed by atoms with Crippen molar-refractivity contribution in [2.24, 2.45) is 0 Å². The lowest BCUT2D eigenvalue weighted by atomic mass is 10.2. The van der Waals surface area contributed by atoms with Crippen molar-refractivity contribution in [3.05, 3.63) is 42.2 Å². The molecule has 0 spiro atoms. The standard InChI is InChI=1S/C13H14N4O4/c1-8(18)11(13(20)21)14-12(19)10-7-17(16-15-10)9-5-3-2-4-6-9/h2-8,11,18H,1H3,(H,14,19)(H,20,21). The molecular weight excluding hydrogens is 276 g/mol. The van der Waals surface area contributed by atoms with Crippen LogP contribution in [0.4, 0.5) is 0 Å². The Morgan fingerprint density at radius 1 is 1.29 bits per heavy atom. The van der Waals surface area contributed by atoms with E-state index in [0.29, 0.717) is 0 Å². The van der Waals surface area contributed by atoms with E-state index in [1.807, 2.05) is 18.2 Å². The molecule has 110 valence electrons. The van der Waals surface area contributed by atoms with Gasteiger partial charge in [0.25, 0.3) is 5.91 Å². The van der Waals surface area contributed by atoms with Gasteiger partial charge in [-0.3, -0.25) is 4.79 Å². The molecule has 1 aromatic heterocycles. The lowest BCUT2D eigenvalue weighted by Crippen LogP contribution is -2.47. The third-order valence-electron chi connectivity index (χ3n) is 2.78. The summed E-state index contributed by atoms with van der Waals surface area (Å²) >= 11 is 0. The summed E-state index contributed by atoms with van der Waals surface area (Å²) in [5, 5.41) is 27.9. The highest BCUT2D eigenvalue weighted by molar-refractivity contribution is 5.94. The molecule has 0 saturated heterocycles. The molecule has 1 amide bonds. The van der Waals surface area contributed by atoms with E-state index in [9.17, 15) is 14.7 Å². The largest absolute Gasteiger partial charge is 0.480 e. The summed E-state index contributed by atoms with van der Waals surface area (Å²) in [6, 6.07) is 7.63. The Morgan fingerprint density at radius 2 is 1.95 bits per heavy atom. The predicted molar refractivity (Wildman–Crippen MR) is 71.9 cm³/mol. The SMILES string of the molecule is CC(O)C(NC(=O)c1cn(-c2ccccc2)nn1)C(=O)O. The van der Waals surface area contributed by atoms with E-state index in [2.05, 4.69) is 15.6 Å². The summed E-state index contributed by atoms with van der Waals surface area (Å²) < 4.78 is 1.40. The summed E-state index contributed by atoms with van der Waals surface area (Å²) in [5.41, 5.74) is 0.681. The number of nitrogens with one attached hydrogen (secondary N) is 1. The zero-order chi connectivity index (χ0) is 15.4. The highest BCUT2D eigenvalue weighted by atomic mass is 16.4. The quantitative estimate of drug-likeness (QED) is 0.704. The van der Waals surface area contributed by atoms with Crippen LogP contribution in [0.5, 0.6) is 0 Å². The minimum atomic E-state index is -1.40. The first-order chi connectivity index (χ1) is 9.99. The fourth-order valence-corrected chi connectivity index (χ4v) is 1.68. The molecule has 8 nitrogen and oxygen atoms in total. The molecule has 0 radical (unpaired) electrons. The molecule has 2 aromatic rings. The zero-order valence-corrected chi connectivity index (χ0v) is 11.2. The van der Waals surface area contributed by atoms with Gasteiger partial charge in [-0.15, -0.1) is 5.10 Å². The van der Waals surface area contributed by atoms with Crippen molar-refractivity contribution in [2.75, 3.05) is 0 Å². The summed E-state index contributed by atoms with van der Waals surface area (Å²) in [6.07, 6.45) is 0.154. The topological polar surface area (TPSA) is 117 Å². The zero-order valence-electron chi connectivity index (χ0n) is 11.2. The van der Waals surface area contributed by atoms with Crippen LogP contribution >= 0.6 is 0 Å². The summed E-state index contributed by atoms with van der Waals surface area (Å²) in [4.78, 5) is 22.8. The lowest BCUT2D eigenvalue weighted by Gasteiger charge is -2.15. The molecule has 0 saturated carbocycles. The van der Waals surface area contributed by atoms with Gasteiger partial charge in [0.1, 0.15) is 0 Å². The number of hydrogen-bond acceptors (Lipinski definition) is 5. The van der Waals surface area contributed by atoms with Gasteiger partial charge in [-0.25, -0.2) is 9.48 Å². The van der Waals surface area contributed by atoms with Crippen molar-refractivity contribution in [2.45, 2.75) is 19.1 Å². The van der Waals surface area contributed by atoms with Crippen LogP contribution in [0.1, 0.15) is 17.4 Å². The number of hydrogen-bond donors (Lipinski definition) is 3. The third-order valence-corrected chi connectivity index (χ3v) is 2.78. The molecule has 2 unspecified atom stereocenters. The number of carbonyl (C=O) groups excluding carboxylic acids is 1. The third kappa shape index (κ3) is 3.42. The lowest BCUT2D eigenvalue weighted by molar-refractivity contribution is -0.141. The minimum Gasteiger partial charge on any atom is -0.480 e. The number of carboxylic acids is 1. The van der Waals surface area contributed by atoms with Crippen LogP contribution in [0.15, 0.2) is 36.5 Å². The van der Waals surface area contributed by atoms with Crippen LogP contribution in [-0.4, -0.2) is 49.2 Å². The normalized spacial score (nSPS) is 13.4. The Bertz CT molecular complexity index is 639. The molecule has 0 aliphatic heterocycles. The first-order valence-corrected chi connectivity index (χ1v) is 6.18. The second-order valence-corrected chi connectivity index (χ2v) is 4.41. The van der Waals surface area contributed by atoms with E-state index in [1.54, 1.807) is 12.1 Å². The molecule has 0 aliphatic carbocycles. The first-order valence-electron chi connectivity index (χ1n) is 6.18. The number of carbonyl (C=O) groups is 2. The van der Waals surface area contributed by atoms with Gasteiger partial charge in [0.2, 0.25) is 0 Å². The van der Waals surface area contributed by atoms with Crippen LogP contribution in [0.3, 0.4) is 0 Å². The van der Waals surface area contributed by atoms with Crippen LogP contribution < -0.4 is 5.32 Å². The molecule has 2 atom stereocenters. The molecule has 0 fully saturated rings. The molecular formula is C13H14N4O4. The summed E-state index contributed by atoms with van der Waals surface area (Å²) in [6.45, 7) is 1.28. The highest BCUT2D eigenvalue weighted by Crippen LogP contribution is 2.06. The van der Waals surface area contributed by atoms with E-state index < -0.39 is 24.0 Å². The minimum absolute atomic E-state index is 0.0363. The maximum Gasteiger partial charge on any atom is 0.328 e. The number of nitrogens with zero attached hydrogens (tertiary/aromatic N) is 3. The number of para-hydroxylation sites is 1. The molecule has 3 N–H and O–H groups in total. The average molecular weight is 290 g/mol. The van der Waals surface area contributed by atoms with E-state index >= 15 is 0 Å². The number of aliphatic hydroxyl groups is 1. The van der Waals surface area contributed by atoms with Gasteiger partial charge >= 0.3 is 5.97 Å².